The molecule has 0 saturated carbocycles. The molecule has 0 N–H and O–H groups in total. The van der Waals surface area contributed by atoms with Crippen molar-refractivity contribution in [1.82, 2.24) is 9.55 Å². The van der Waals surface area contributed by atoms with Crippen molar-refractivity contribution < 1.29 is 36.2 Å². The molecule has 1 aromatic heterocycles. The van der Waals surface area contributed by atoms with E-state index < -0.39 is 34.8 Å². The maximum absolute atomic E-state index is 14.6. The fraction of sp³-hybridized carbons (Fsp3) is 0.333. The van der Waals surface area contributed by atoms with E-state index in [9.17, 15) is 26.7 Å². The van der Waals surface area contributed by atoms with Crippen LogP contribution in [0.1, 0.15) is 17.5 Å². The molecule has 0 spiro atoms. The van der Waals surface area contributed by atoms with Gasteiger partial charge in [-0.1, -0.05) is 0 Å². The Morgan fingerprint density at radius 1 is 1.06 bits per heavy atom. The number of morpholine rings is 1. The van der Waals surface area contributed by atoms with Gasteiger partial charge in [0.1, 0.15) is 18.2 Å². The molecular formula is C24H20F5N3O4. The normalized spacial score (nSPS) is 17.4. The zero-order valence-electron chi connectivity index (χ0n) is 18.7. The van der Waals surface area contributed by atoms with Crippen LogP contribution in [0.25, 0.3) is 0 Å². The SMILES string of the molecule is O=c1nc(OCc2cc(F)c(Oc3ccc(C(F)(F)F)cc3)c(F)c2)cc2n1CCC1COCCN21. The first-order valence-electron chi connectivity index (χ1n) is 11.1. The highest BCUT2D eigenvalue weighted by molar-refractivity contribution is 5.45. The zero-order chi connectivity index (χ0) is 25.4. The van der Waals surface area contributed by atoms with E-state index in [-0.39, 0.29) is 29.8 Å². The molecule has 1 atom stereocenters. The number of halogens is 5. The van der Waals surface area contributed by atoms with Crippen LogP contribution in [0.5, 0.6) is 17.4 Å². The molecule has 3 aromatic rings. The Hall–Kier alpha value is -3.67. The van der Waals surface area contributed by atoms with Crippen LogP contribution in [-0.2, 0) is 24.1 Å². The number of hydrogen-bond donors (Lipinski definition) is 0. The van der Waals surface area contributed by atoms with Gasteiger partial charge in [-0.25, -0.2) is 13.6 Å². The topological polar surface area (TPSA) is 65.8 Å². The second kappa shape index (κ2) is 9.41. The van der Waals surface area contributed by atoms with E-state index in [1.807, 2.05) is 0 Å². The third-order valence-electron chi connectivity index (χ3n) is 6.02. The molecule has 7 nitrogen and oxygen atoms in total. The number of alkyl halides is 3. The Kier molecular flexibility index (Phi) is 6.29. The van der Waals surface area contributed by atoms with Crippen molar-refractivity contribution in [2.24, 2.45) is 0 Å². The number of fused-ring (bicyclic) bond motifs is 3. The standard InChI is InChI=1S/C24H20F5N3O4/c25-18-9-14(10-19(26)22(18)36-17-3-1-15(2-4-17)24(27,28)29)12-35-20-11-21-31-7-8-34-13-16(31)5-6-32(21)23(33)30-20/h1-4,9-11,16H,5-8,12-13H2. The summed E-state index contributed by atoms with van der Waals surface area (Å²) in [5.74, 6) is -2.38. The molecule has 0 bridgehead atoms. The summed E-state index contributed by atoms with van der Waals surface area (Å²) in [6.07, 6.45) is -3.78. The van der Waals surface area contributed by atoms with Crippen molar-refractivity contribution in [3.8, 4) is 17.4 Å². The molecule has 0 aliphatic carbocycles. The van der Waals surface area contributed by atoms with Crippen LogP contribution < -0.4 is 20.1 Å². The van der Waals surface area contributed by atoms with Crippen molar-refractivity contribution in [3.63, 3.8) is 0 Å². The lowest BCUT2D eigenvalue weighted by Gasteiger charge is -2.41. The van der Waals surface area contributed by atoms with Gasteiger partial charge >= 0.3 is 11.9 Å². The van der Waals surface area contributed by atoms with Crippen LogP contribution in [0.4, 0.5) is 27.8 Å². The first-order valence-corrected chi connectivity index (χ1v) is 11.1. The Balaban J connectivity index is 1.30. The molecule has 1 saturated heterocycles. The molecule has 5 rings (SSSR count). The summed E-state index contributed by atoms with van der Waals surface area (Å²) < 4.78 is 85.0. The van der Waals surface area contributed by atoms with E-state index in [1.54, 1.807) is 10.6 Å². The third kappa shape index (κ3) is 4.85. The predicted octanol–water partition coefficient (Wildman–Crippen LogP) is 4.52. The largest absolute Gasteiger partial charge is 0.473 e. The fourth-order valence-corrected chi connectivity index (χ4v) is 4.25. The molecule has 1 fully saturated rings. The van der Waals surface area contributed by atoms with Gasteiger partial charge < -0.3 is 19.1 Å². The van der Waals surface area contributed by atoms with Crippen LogP contribution in [0.15, 0.2) is 47.3 Å². The molecule has 0 amide bonds. The van der Waals surface area contributed by atoms with Crippen LogP contribution in [0.3, 0.4) is 0 Å². The Morgan fingerprint density at radius 3 is 2.47 bits per heavy atom. The number of ether oxygens (including phenoxy) is 3. The lowest BCUT2D eigenvalue weighted by atomic mass is 10.1. The van der Waals surface area contributed by atoms with E-state index in [4.69, 9.17) is 14.2 Å². The average Bonchev–Trinajstić information content (AvgIpc) is 2.84. The smallest absolute Gasteiger partial charge is 0.416 e. The number of anilines is 1. The molecule has 2 aliphatic heterocycles. The maximum Gasteiger partial charge on any atom is 0.416 e. The van der Waals surface area contributed by atoms with Crippen LogP contribution in [0.2, 0.25) is 0 Å². The maximum atomic E-state index is 14.6. The van der Waals surface area contributed by atoms with Gasteiger partial charge in [0.15, 0.2) is 17.4 Å². The number of benzene rings is 2. The highest BCUT2D eigenvalue weighted by atomic mass is 19.4. The molecule has 2 aliphatic rings. The van der Waals surface area contributed by atoms with Crippen molar-refractivity contribution in [1.29, 1.82) is 0 Å². The Bertz CT molecular complexity index is 1300. The van der Waals surface area contributed by atoms with Crippen LogP contribution >= 0.6 is 0 Å². The lowest BCUT2D eigenvalue weighted by molar-refractivity contribution is -0.137. The second-order valence-electron chi connectivity index (χ2n) is 8.40. The third-order valence-corrected chi connectivity index (χ3v) is 6.02. The van der Waals surface area contributed by atoms with Crippen molar-refractivity contribution >= 4 is 5.82 Å². The number of aromatic nitrogens is 2. The number of nitrogens with zero attached hydrogens (tertiary/aromatic N) is 3. The van der Waals surface area contributed by atoms with Gasteiger partial charge in [-0.15, -0.1) is 0 Å². The molecule has 0 radical (unpaired) electrons. The molecule has 36 heavy (non-hydrogen) atoms. The van der Waals surface area contributed by atoms with Crippen molar-refractivity contribution in [2.45, 2.75) is 31.8 Å². The zero-order valence-corrected chi connectivity index (χ0v) is 18.7. The van der Waals surface area contributed by atoms with Crippen LogP contribution in [0, 0.1) is 11.6 Å². The van der Waals surface area contributed by atoms with Gasteiger partial charge in [0.2, 0.25) is 5.88 Å². The first kappa shape index (κ1) is 24.0. The molecule has 1 unspecified atom stereocenters. The van der Waals surface area contributed by atoms with Gasteiger partial charge in [0, 0.05) is 19.2 Å². The van der Waals surface area contributed by atoms with Gasteiger partial charge in [0.25, 0.3) is 0 Å². The summed E-state index contributed by atoms with van der Waals surface area (Å²) in [5.41, 5.74) is -1.29. The van der Waals surface area contributed by atoms with Crippen molar-refractivity contribution in [3.05, 3.63) is 75.7 Å². The summed E-state index contributed by atoms with van der Waals surface area (Å²) in [7, 11) is 0. The molecular weight excluding hydrogens is 489 g/mol. The highest BCUT2D eigenvalue weighted by Crippen LogP contribution is 2.33. The van der Waals surface area contributed by atoms with E-state index >= 15 is 0 Å². The molecule has 3 heterocycles. The second-order valence-corrected chi connectivity index (χ2v) is 8.40. The van der Waals surface area contributed by atoms with E-state index in [0.717, 1.165) is 42.8 Å². The minimum absolute atomic E-state index is 0.0179. The van der Waals surface area contributed by atoms with Crippen LogP contribution in [-0.4, -0.2) is 35.4 Å². The van der Waals surface area contributed by atoms with E-state index in [2.05, 4.69) is 9.88 Å². The summed E-state index contributed by atoms with van der Waals surface area (Å²) >= 11 is 0. The molecule has 190 valence electrons. The van der Waals surface area contributed by atoms with Gasteiger partial charge in [-0.3, -0.25) is 4.57 Å². The minimum atomic E-state index is -4.54. The van der Waals surface area contributed by atoms with Gasteiger partial charge in [0.05, 0.1) is 24.8 Å². The fourth-order valence-electron chi connectivity index (χ4n) is 4.25. The number of hydrogen-bond acceptors (Lipinski definition) is 6. The number of rotatable bonds is 5. The summed E-state index contributed by atoms with van der Waals surface area (Å²) in [6.45, 7) is 1.93. The summed E-state index contributed by atoms with van der Waals surface area (Å²) in [5, 5.41) is 0. The lowest BCUT2D eigenvalue weighted by Crippen LogP contribution is -2.51. The van der Waals surface area contributed by atoms with Crippen molar-refractivity contribution in [2.75, 3.05) is 24.7 Å². The van der Waals surface area contributed by atoms with Gasteiger partial charge in [-0.2, -0.15) is 18.2 Å². The minimum Gasteiger partial charge on any atom is -0.473 e. The van der Waals surface area contributed by atoms with Gasteiger partial charge in [-0.05, 0) is 48.4 Å². The molecule has 12 heteroatoms. The Labute approximate surface area is 201 Å². The monoisotopic (exact) mass is 509 g/mol. The molecule has 2 aromatic carbocycles. The summed E-state index contributed by atoms with van der Waals surface area (Å²) in [4.78, 5) is 18.5. The average molecular weight is 509 g/mol. The Morgan fingerprint density at radius 2 is 1.78 bits per heavy atom. The first-order chi connectivity index (χ1) is 17.2. The quantitative estimate of drug-likeness (QED) is 0.472. The van der Waals surface area contributed by atoms with E-state index in [0.29, 0.717) is 32.1 Å². The van der Waals surface area contributed by atoms with E-state index in [1.165, 1.54) is 0 Å². The predicted molar refractivity (Wildman–Crippen MR) is 117 cm³/mol. The highest BCUT2D eigenvalue weighted by Gasteiger charge is 2.31. The summed E-state index contributed by atoms with van der Waals surface area (Å²) in [6, 6.07) is 7.16.